The molecule has 0 heterocycles. The summed E-state index contributed by atoms with van der Waals surface area (Å²) < 4.78 is 0. The van der Waals surface area contributed by atoms with Crippen LogP contribution >= 0.6 is 41.0 Å². The fraction of sp³-hybridized carbons (Fsp3) is 0. The van der Waals surface area contributed by atoms with Crippen molar-refractivity contribution in [3.8, 4) is 0 Å². The van der Waals surface area contributed by atoms with Crippen LogP contribution in [0.3, 0.4) is 0 Å². The molecule has 0 amide bonds. The van der Waals surface area contributed by atoms with Crippen molar-refractivity contribution in [2.75, 3.05) is 0 Å². The predicted molar refractivity (Wildman–Crippen MR) is 40.5 cm³/mol. The molecule has 0 aliphatic rings. The number of hydrogen-bond donors (Lipinski definition) is 3. The molecule has 0 aromatic carbocycles. The number of hydrogen-bond acceptors (Lipinski definition) is 3. The van der Waals surface area contributed by atoms with Gasteiger partial charge in [0.05, 0.1) is 0 Å². The summed E-state index contributed by atoms with van der Waals surface area (Å²) >= 11 is 4.43. The van der Waals surface area contributed by atoms with E-state index in [1.54, 1.807) is 8.07 Å². The van der Waals surface area contributed by atoms with Gasteiger partial charge in [-0.3, -0.25) is 0 Å². The molecule has 0 spiro atoms. The Hall–Kier alpha value is 1.90. The first kappa shape index (κ1) is 11.7. The zero-order chi connectivity index (χ0) is 6.28. The molecule has 7 heteroatoms. The first-order chi connectivity index (χ1) is 3.15. The van der Waals surface area contributed by atoms with Crippen molar-refractivity contribution in [3.05, 3.63) is 0 Å². The maximum absolute atomic E-state index is 7.17. The van der Waals surface area contributed by atoms with Crippen molar-refractivity contribution in [3.63, 3.8) is 0 Å². The number of halogens is 2. The Morgan fingerprint density at radius 1 is 1.14 bits per heavy atom. The maximum atomic E-state index is 7.17. The molecule has 0 aliphatic heterocycles. The van der Waals surface area contributed by atoms with E-state index in [1.807, 2.05) is 0 Å². The molecule has 0 fully saturated rings. The van der Waals surface area contributed by atoms with E-state index in [2.05, 4.69) is 41.0 Å². The normalized spacial score (nSPS) is 7.00. The van der Waals surface area contributed by atoms with E-state index in [-0.39, 0.29) is 0 Å². The topological polar surface area (TPSA) is 60.7 Å². The second kappa shape index (κ2) is 10.8. The summed E-state index contributed by atoms with van der Waals surface area (Å²) in [5, 5.41) is 21.5. The molecule has 0 aromatic heterocycles. The third-order valence-electron chi connectivity index (χ3n) is 0. The van der Waals surface area contributed by atoms with E-state index in [0.717, 1.165) is 0 Å². The molecule has 0 saturated carbocycles. The van der Waals surface area contributed by atoms with Crippen LogP contribution in [0.4, 0.5) is 0 Å². The molecular weight excluding hydrogens is 371 g/mol. The fourth-order valence-corrected chi connectivity index (χ4v) is 0. The van der Waals surface area contributed by atoms with Gasteiger partial charge in [0.25, 0.3) is 0 Å². The van der Waals surface area contributed by atoms with Gasteiger partial charge in [0.2, 0.25) is 0 Å². The molecule has 0 saturated heterocycles. The van der Waals surface area contributed by atoms with E-state index in [4.69, 9.17) is 15.1 Å². The van der Waals surface area contributed by atoms with Gasteiger partial charge in [0, 0.05) is 0 Å². The molecule has 0 unspecified atom stereocenters. The second-order valence-electron chi connectivity index (χ2n) is 0.392. The van der Waals surface area contributed by atoms with E-state index in [0.29, 0.717) is 0 Å². The van der Waals surface area contributed by atoms with Gasteiger partial charge >= 0.3 is 56.4 Å². The van der Waals surface area contributed by atoms with Gasteiger partial charge in [-0.1, -0.05) is 0 Å². The summed E-state index contributed by atoms with van der Waals surface area (Å²) in [4.78, 5) is 0. The Bertz CT molecular complexity index is 24.1. The average Bonchev–Trinajstić information content (AvgIpc) is 1.33. The summed E-state index contributed by atoms with van der Waals surface area (Å²) in [6.45, 7) is 0. The van der Waals surface area contributed by atoms with E-state index < -0.39 is 7.32 Å². The van der Waals surface area contributed by atoms with Crippen molar-refractivity contribution < 1.29 is 23.1 Å². The molecule has 0 rings (SSSR count). The monoisotopic (exact) mass is 374 g/mol. The van der Waals surface area contributed by atoms with E-state index in [1.165, 1.54) is 0 Å². The molecule has 7 heavy (non-hydrogen) atoms. The fourth-order valence-electron chi connectivity index (χ4n) is 0. The van der Waals surface area contributed by atoms with Gasteiger partial charge < -0.3 is 15.1 Å². The first-order valence-electron chi connectivity index (χ1n) is 1.01. The third kappa shape index (κ3) is 76.2. The molecule has 0 radical (unpaired) electrons. The minimum absolute atomic E-state index is 1.56. The SMILES string of the molecule is OB(O)O.[I][Ni][I]. The van der Waals surface area contributed by atoms with Gasteiger partial charge in [-0.25, -0.2) is 0 Å². The zero-order valence-electron chi connectivity index (χ0n) is 2.99. The van der Waals surface area contributed by atoms with Crippen molar-refractivity contribution >= 4 is 48.3 Å². The molecule has 0 bridgehead atoms. The van der Waals surface area contributed by atoms with Crippen LogP contribution in [-0.2, 0) is 8.07 Å². The number of rotatable bonds is 0. The third-order valence-corrected chi connectivity index (χ3v) is 0. The van der Waals surface area contributed by atoms with Crippen LogP contribution in [0, 0.1) is 0 Å². The Kier molecular flexibility index (Phi) is 18.0. The van der Waals surface area contributed by atoms with Crippen LogP contribution in [0.1, 0.15) is 0 Å². The first-order valence-corrected chi connectivity index (χ1v) is 7.39. The van der Waals surface area contributed by atoms with Gasteiger partial charge in [-0.15, -0.1) is 0 Å². The van der Waals surface area contributed by atoms with Crippen LogP contribution < -0.4 is 0 Å². The van der Waals surface area contributed by atoms with Crippen molar-refractivity contribution in [2.24, 2.45) is 0 Å². The van der Waals surface area contributed by atoms with Gasteiger partial charge in [0.15, 0.2) is 0 Å². The molecule has 0 atom stereocenters. The van der Waals surface area contributed by atoms with Crippen LogP contribution in [0.25, 0.3) is 0 Å². The van der Waals surface area contributed by atoms with Crippen LogP contribution in [0.5, 0.6) is 0 Å². The predicted octanol–water partition coefficient (Wildman–Crippen LogP) is -0.283. The second-order valence-corrected chi connectivity index (χ2v) is 8.73. The van der Waals surface area contributed by atoms with E-state index in [9.17, 15) is 0 Å². The standard InChI is InChI=1S/BH3O3.2HI.Ni/c2-1(3)4;;;/h2-4H;2*1H;/q;;;+2/p-2. The summed E-state index contributed by atoms with van der Waals surface area (Å²) in [6, 6.07) is 0. The summed E-state index contributed by atoms with van der Waals surface area (Å²) in [7, 11) is -0.602. The Morgan fingerprint density at radius 2 is 1.14 bits per heavy atom. The summed E-state index contributed by atoms with van der Waals surface area (Å²) in [5.41, 5.74) is 0. The Labute approximate surface area is 70.6 Å². The molecule has 0 aliphatic carbocycles. The van der Waals surface area contributed by atoms with E-state index >= 15 is 0 Å². The molecule has 48 valence electrons. The Morgan fingerprint density at radius 3 is 1.14 bits per heavy atom. The molecular formula is H3BI2NiO3. The van der Waals surface area contributed by atoms with Crippen molar-refractivity contribution in [1.29, 1.82) is 0 Å². The van der Waals surface area contributed by atoms with Crippen LogP contribution in [0.2, 0.25) is 0 Å². The quantitative estimate of drug-likeness (QED) is 0.404. The van der Waals surface area contributed by atoms with Crippen LogP contribution in [-0.4, -0.2) is 22.4 Å². The Balaban J connectivity index is 0. The van der Waals surface area contributed by atoms with Gasteiger partial charge in [0.1, 0.15) is 0 Å². The zero-order valence-corrected chi connectivity index (χ0v) is 8.29. The average molecular weight is 374 g/mol. The van der Waals surface area contributed by atoms with Gasteiger partial charge in [-0.2, -0.15) is 0 Å². The van der Waals surface area contributed by atoms with Crippen molar-refractivity contribution in [1.82, 2.24) is 0 Å². The summed E-state index contributed by atoms with van der Waals surface area (Å²) in [6.07, 6.45) is 0. The van der Waals surface area contributed by atoms with Gasteiger partial charge in [-0.05, 0) is 0 Å². The minimum atomic E-state index is -2.17. The summed E-state index contributed by atoms with van der Waals surface area (Å²) in [5.74, 6) is 0. The molecule has 3 N–H and O–H groups in total. The van der Waals surface area contributed by atoms with Crippen molar-refractivity contribution in [2.45, 2.75) is 0 Å². The molecule has 3 nitrogen and oxygen atoms in total. The van der Waals surface area contributed by atoms with Crippen LogP contribution in [0.15, 0.2) is 0 Å². The molecule has 0 aromatic rings.